The molecule has 0 atom stereocenters. The first-order chi connectivity index (χ1) is 6.72. The minimum atomic E-state index is -0.334. The molecule has 2 aromatic rings. The van der Waals surface area contributed by atoms with Gasteiger partial charge in [0.1, 0.15) is 11.1 Å². The predicted octanol–water partition coefficient (Wildman–Crippen LogP) is -0.400. The summed E-state index contributed by atoms with van der Waals surface area (Å²) >= 11 is 0. The van der Waals surface area contributed by atoms with Gasteiger partial charge in [-0.3, -0.25) is 14.9 Å². The monoisotopic (exact) mass is 189 g/mol. The summed E-state index contributed by atoms with van der Waals surface area (Å²) in [6, 6.07) is 0. The Kier molecular flexibility index (Phi) is 1.71. The molecule has 0 bridgehead atoms. The number of nitrogens with one attached hydrogen (secondary N) is 2. The van der Waals surface area contributed by atoms with Gasteiger partial charge >= 0.3 is 0 Å². The third-order valence-corrected chi connectivity index (χ3v) is 1.69. The first-order valence-corrected chi connectivity index (χ1v) is 3.89. The molecule has 0 aromatic carbocycles. The summed E-state index contributed by atoms with van der Waals surface area (Å²) in [5.41, 5.74) is 5.75. The molecule has 2 rings (SSSR count). The Bertz CT molecular complexity index is 597. The maximum Gasteiger partial charge on any atom is 0.264 e. The van der Waals surface area contributed by atoms with E-state index in [2.05, 4.69) is 32.0 Å². The van der Waals surface area contributed by atoms with E-state index in [1.807, 2.05) is 0 Å². The van der Waals surface area contributed by atoms with Crippen LogP contribution in [0.2, 0.25) is 0 Å². The van der Waals surface area contributed by atoms with Gasteiger partial charge in [0, 0.05) is 0 Å². The van der Waals surface area contributed by atoms with E-state index >= 15 is 0 Å². The standard InChI is InChI=1S/C8H7N5O/c1-2-3-4-5-6(13-12-4)10-8(9)11-7(5)14/h1H3,(H4,9,10,11,12,13,14). The Balaban J connectivity index is 2.90. The molecular formula is C8H7N5O. The zero-order valence-corrected chi connectivity index (χ0v) is 7.38. The number of nitrogen functional groups attached to an aromatic ring is 1. The van der Waals surface area contributed by atoms with Gasteiger partial charge in [0.25, 0.3) is 5.56 Å². The van der Waals surface area contributed by atoms with Gasteiger partial charge in [-0.1, -0.05) is 5.92 Å². The molecule has 0 aliphatic heterocycles. The Labute approximate surface area is 78.5 Å². The average molecular weight is 189 g/mol. The molecule has 4 N–H and O–H groups in total. The minimum absolute atomic E-state index is 0.0463. The molecule has 0 aliphatic carbocycles. The summed E-state index contributed by atoms with van der Waals surface area (Å²) in [4.78, 5) is 17.7. The third-order valence-electron chi connectivity index (χ3n) is 1.69. The van der Waals surface area contributed by atoms with E-state index in [0.717, 1.165) is 0 Å². The van der Waals surface area contributed by atoms with Crippen molar-refractivity contribution >= 4 is 17.0 Å². The zero-order chi connectivity index (χ0) is 10.1. The highest BCUT2D eigenvalue weighted by atomic mass is 16.1. The van der Waals surface area contributed by atoms with Gasteiger partial charge in [-0.2, -0.15) is 10.1 Å². The molecule has 6 nitrogen and oxygen atoms in total. The number of fused-ring (bicyclic) bond motifs is 1. The molecule has 0 amide bonds. The fourth-order valence-corrected chi connectivity index (χ4v) is 1.16. The molecule has 0 fully saturated rings. The SMILES string of the molecule is CC#Cc1[nH]nc2nc(N)[nH]c(=O)c12. The van der Waals surface area contributed by atoms with Crippen molar-refractivity contribution in [1.82, 2.24) is 20.2 Å². The van der Waals surface area contributed by atoms with Crippen LogP contribution in [0.3, 0.4) is 0 Å². The van der Waals surface area contributed by atoms with E-state index in [1.165, 1.54) is 0 Å². The summed E-state index contributed by atoms with van der Waals surface area (Å²) in [5.74, 6) is 5.44. The van der Waals surface area contributed by atoms with Crippen LogP contribution in [0.4, 0.5) is 5.95 Å². The molecule has 70 valence electrons. The molecule has 0 spiro atoms. The quantitative estimate of drug-likeness (QED) is 0.491. The van der Waals surface area contributed by atoms with Crippen molar-refractivity contribution in [2.75, 3.05) is 5.73 Å². The maximum absolute atomic E-state index is 11.5. The first kappa shape index (κ1) is 8.31. The first-order valence-electron chi connectivity index (χ1n) is 3.89. The van der Waals surface area contributed by atoms with Crippen LogP contribution in [-0.4, -0.2) is 20.2 Å². The van der Waals surface area contributed by atoms with Crippen LogP contribution < -0.4 is 11.3 Å². The Hall–Kier alpha value is -2.29. The van der Waals surface area contributed by atoms with E-state index in [1.54, 1.807) is 6.92 Å². The van der Waals surface area contributed by atoms with Crippen molar-refractivity contribution in [3.05, 3.63) is 16.0 Å². The second-order valence-corrected chi connectivity index (χ2v) is 2.62. The number of aromatic amines is 2. The fraction of sp³-hybridized carbons (Fsp3) is 0.125. The van der Waals surface area contributed by atoms with Crippen LogP contribution >= 0.6 is 0 Å². The van der Waals surface area contributed by atoms with Crippen molar-refractivity contribution in [2.24, 2.45) is 0 Å². The average Bonchev–Trinajstić information content (AvgIpc) is 2.49. The molecular weight excluding hydrogens is 182 g/mol. The van der Waals surface area contributed by atoms with Crippen molar-refractivity contribution in [1.29, 1.82) is 0 Å². The van der Waals surface area contributed by atoms with E-state index in [4.69, 9.17) is 5.73 Å². The number of hydrogen-bond acceptors (Lipinski definition) is 4. The second kappa shape index (κ2) is 2.88. The molecule has 0 saturated carbocycles. The molecule has 0 saturated heterocycles. The minimum Gasteiger partial charge on any atom is -0.369 e. The Morgan fingerprint density at radius 1 is 1.50 bits per heavy atom. The second-order valence-electron chi connectivity index (χ2n) is 2.62. The van der Waals surface area contributed by atoms with Crippen molar-refractivity contribution in [3.8, 4) is 11.8 Å². The van der Waals surface area contributed by atoms with E-state index in [9.17, 15) is 4.79 Å². The normalized spacial score (nSPS) is 9.79. The van der Waals surface area contributed by atoms with Crippen molar-refractivity contribution < 1.29 is 0 Å². The van der Waals surface area contributed by atoms with Crippen LogP contribution in [0.15, 0.2) is 4.79 Å². The lowest BCUT2D eigenvalue weighted by Crippen LogP contribution is -2.11. The van der Waals surface area contributed by atoms with Gasteiger partial charge in [-0.25, -0.2) is 0 Å². The van der Waals surface area contributed by atoms with Gasteiger partial charge in [-0.05, 0) is 12.8 Å². The van der Waals surface area contributed by atoms with Crippen LogP contribution in [-0.2, 0) is 0 Å². The molecule has 6 heteroatoms. The zero-order valence-electron chi connectivity index (χ0n) is 7.38. The summed E-state index contributed by atoms with van der Waals surface area (Å²) in [5, 5.41) is 6.78. The van der Waals surface area contributed by atoms with Crippen LogP contribution in [0.5, 0.6) is 0 Å². The predicted molar refractivity (Wildman–Crippen MR) is 51.5 cm³/mol. The Morgan fingerprint density at radius 2 is 2.29 bits per heavy atom. The number of anilines is 1. The molecule has 0 aliphatic rings. The third kappa shape index (κ3) is 1.11. The van der Waals surface area contributed by atoms with E-state index in [-0.39, 0.29) is 17.2 Å². The number of hydrogen-bond donors (Lipinski definition) is 3. The molecule has 2 heterocycles. The molecule has 0 unspecified atom stereocenters. The largest absolute Gasteiger partial charge is 0.369 e. The van der Waals surface area contributed by atoms with Crippen molar-refractivity contribution in [3.63, 3.8) is 0 Å². The molecule has 0 radical (unpaired) electrons. The Morgan fingerprint density at radius 3 is 3.00 bits per heavy atom. The smallest absolute Gasteiger partial charge is 0.264 e. The van der Waals surface area contributed by atoms with Crippen molar-refractivity contribution in [2.45, 2.75) is 6.92 Å². The number of aromatic nitrogens is 4. The lowest BCUT2D eigenvalue weighted by atomic mass is 10.3. The van der Waals surface area contributed by atoms with E-state index in [0.29, 0.717) is 11.1 Å². The lowest BCUT2D eigenvalue weighted by molar-refractivity contribution is 1.08. The topological polar surface area (TPSA) is 100 Å². The maximum atomic E-state index is 11.5. The van der Waals surface area contributed by atoms with Gasteiger partial charge in [0.15, 0.2) is 5.65 Å². The fourth-order valence-electron chi connectivity index (χ4n) is 1.16. The summed E-state index contributed by atoms with van der Waals surface area (Å²) in [7, 11) is 0. The lowest BCUT2D eigenvalue weighted by Gasteiger charge is -1.90. The summed E-state index contributed by atoms with van der Waals surface area (Å²) in [6.45, 7) is 1.67. The van der Waals surface area contributed by atoms with Gasteiger partial charge < -0.3 is 5.73 Å². The number of rotatable bonds is 0. The van der Waals surface area contributed by atoms with Gasteiger partial charge in [0.2, 0.25) is 5.95 Å². The van der Waals surface area contributed by atoms with Crippen LogP contribution in [0.25, 0.3) is 11.0 Å². The van der Waals surface area contributed by atoms with Crippen LogP contribution in [0.1, 0.15) is 12.6 Å². The van der Waals surface area contributed by atoms with Gasteiger partial charge in [0.05, 0.1) is 0 Å². The van der Waals surface area contributed by atoms with Crippen LogP contribution in [0, 0.1) is 11.8 Å². The van der Waals surface area contributed by atoms with E-state index < -0.39 is 0 Å². The summed E-state index contributed by atoms with van der Waals surface area (Å²) < 4.78 is 0. The summed E-state index contributed by atoms with van der Waals surface area (Å²) in [6.07, 6.45) is 0. The highest BCUT2D eigenvalue weighted by molar-refractivity contribution is 5.80. The highest BCUT2D eigenvalue weighted by Crippen LogP contribution is 2.07. The highest BCUT2D eigenvalue weighted by Gasteiger charge is 2.09. The number of H-pyrrole nitrogens is 2. The number of nitrogens with zero attached hydrogens (tertiary/aromatic N) is 2. The number of nitrogens with two attached hydrogens (primary N) is 1. The molecule has 14 heavy (non-hydrogen) atoms. The molecule has 2 aromatic heterocycles. The van der Waals surface area contributed by atoms with Gasteiger partial charge in [-0.15, -0.1) is 0 Å².